The third kappa shape index (κ3) is 3.26. The maximum absolute atomic E-state index is 9.42. The quantitative estimate of drug-likeness (QED) is 0.861. The van der Waals surface area contributed by atoms with Crippen molar-refractivity contribution in [3.05, 3.63) is 36.9 Å². The molecule has 0 amide bonds. The van der Waals surface area contributed by atoms with Crippen LogP contribution in [0, 0.1) is 0 Å². The van der Waals surface area contributed by atoms with Crippen LogP contribution in [0.3, 0.4) is 0 Å². The zero-order valence-electron chi connectivity index (χ0n) is 11.5. The molecule has 7 heteroatoms. The largest absolute Gasteiger partial charge is 0.394 e. The highest BCUT2D eigenvalue weighted by Crippen LogP contribution is 2.22. The van der Waals surface area contributed by atoms with Crippen molar-refractivity contribution in [2.75, 3.05) is 36.6 Å². The minimum Gasteiger partial charge on any atom is -0.394 e. The Kier molecular flexibility index (Phi) is 4.23. The van der Waals surface area contributed by atoms with Crippen LogP contribution < -0.4 is 10.2 Å². The summed E-state index contributed by atoms with van der Waals surface area (Å²) in [7, 11) is 0. The van der Waals surface area contributed by atoms with Crippen LogP contribution in [0.1, 0.15) is 0 Å². The van der Waals surface area contributed by atoms with Crippen molar-refractivity contribution in [1.82, 2.24) is 15.0 Å². The van der Waals surface area contributed by atoms with Gasteiger partial charge in [-0.05, 0) is 24.3 Å². The lowest BCUT2D eigenvalue weighted by Gasteiger charge is -2.36. The third-order valence-corrected chi connectivity index (χ3v) is 3.39. The molecule has 0 bridgehead atoms. The average Bonchev–Trinajstić information content (AvgIpc) is 2.56. The van der Waals surface area contributed by atoms with Gasteiger partial charge in [0, 0.05) is 17.9 Å². The van der Waals surface area contributed by atoms with E-state index in [9.17, 15) is 5.11 Å². The van der Waals surface area contributed by atoms with E-state index in [1.807, 2.05) is 24.3 Å². The van der Waals surface area contributed by atoms with Crippen LogP contribution >= 0.6 is 0 Å². The molecular weight excluding hydrogens is 270 g/mol. The Bertz CT molecular complexity index is 563. The number of aliphatic hydroxyl groups excluding tert-OH is 1. The monoisotopic (exact) mass is 287 g/mol. The number of nitrogens with one attached hydrogen (secondary N) is 1. The number of aromatic nitrogens is 3. The SMILES string of the molecule is OCC1COCCN1c1ccc(Nc2ncncn2)cc1. The maximum Gasteiger partial charge on any atom is 0.230 e. The van der Waals surface area contributed by atoms with Crippen molar-refractivity contribution in [2.24, 2.45) is 0 Å². The predicted molar refractivity (Wildman–Crippen MR) is 78.6 cm³/mol. The average molecular weight is 287 g/mol. The van der Waals surface area contributed by atoms with Gasteiger partial charge in [-0.1, -0.05) is 0 Å². The van der Waals surface area contributed by atoms with Crippen LogP contribution in [0.15, 0.2) is 36.9 Å². The van der Waals surface area contributed by atoms with Gasteiger partial charge in [0.25, 0.3) is 0 Å². The summed E-state index contributed by atoms with van der Waals surface area (Å²) in [6.07, 6.45) is 2.90. The van der Waals surface area contributed by atoms with Crippen LogP contribution in [0.4, 0.5) is 17.3 Å². The molecule has 1 atom stereocenters. The molecular formula is C14H17N5O2. The van der Waals surface area contributed by atoms with Gasteiger partial charge in [0.1, 0.15) is 12.7 Å². The molecule has 1 aromatic carbocycles. The van der Waals surface area contributed by atoms with Gasteiger partial charge in [-0.15, -0.1) is 0 Å². The van der Waals surface area contributed by atoms with Crippen LogP contribution in [-0.4, -0.2) is 52.5 Å². The van der Waals surface area contributed by atoms with Gasteiger partial charge in [-0.25, -0.2) is 15.0 Å². The van der Waals surface area contributed by atoms with Gasteiger partial charge in [-0.3, -0.25) is 0 Å². The van der Waals surface area contributed by atoms with Gasteiger partial charge in [0.2, 0.25) is 5.95 Å². The number of hydrogen-bond donors (Lipinski definition) is 2. The van der Waals surface area contributed by atoms with Gasteiger partial charge in [0.15, 0.2) is 0 Å². The molecule has 7 nitrogen and oxygen atoms in total. The predicted octanol–water partition coefficient (Wildman–Crippen LogP) is 0.813. The lowest BCUT2D eigenvalue weighted by Crippen LogP contribution is -2.47. The molecule has 0 aliphatic carbocycles. The molecule has 0 spiro atoms. The third-order valence-electron chi connectivity index (χ3n) is 3.39. The van der Waals surface area contributed by atoms with Crippen molar-refractivity contribution in [1.29, 1.82) is 0 Å². The summed E-state index contributed by atoms with van der Waals surface area (Å²) in [5.74, 6) is 0.511. The Hall–Kier alpha value is -2.25. The standard InChI is InChI=1S/C14H17N5O2/c20-7-13-8-21-6-5-19(13)12-3-1-11(2-4-12)18-14-16-9-15-10-17-14/h1-4,9-10,13,20H,5-8H2,(H,15,16,17,18). The molecule has 1 aliphatic heterocycles. The number of ether oxygens (including phenoxy) is 1. The number of nitrogens with zero attached hydrogens (tertiary/aromatic N) is 4. The summed E-state index contributed by atoms with van der Waals surface area (Å²) in [6.45, 7) is 2.11. The summed E-state index contributed by atoms with van der Waals surface area (Å²) in [5.41, 5.74) is 1.97. The molecule has 1 aliphatic rings. The van der Waals surface area contributed by atoms with Crippen molar-refractivity contribution >= 4 is 17.3 Å². The second-order valence-corrected chi connectivity index (χ2v) is 4.74. The first-order valence-corrected chi connectivity index (χ1v) is 6.81. The van der Waals surface area contributed by atoms with Gasteiger partial charge in [-0.2, -0.15) is 0 Å². The number of benzene rings is 1. The highest BCUT2D eigenvalue weighted by Gasteiger charge is 2.22. The van der Waals surface area contributed by atoms with E-state index in [-0.39, 0.29) is 12.6 Å². The minimum absolute atomic E-state index is 0.0149. The summed E-state index contributed by atoms with van der Waals surface area (Å²) in [5, 5.41) is 12.5. The lowest BCUT2D eigenvalue weighted by atomic mass is 10.2. The number of hydrogen-bond acceptors (Lipinski definition) is 7. The second-order valence-electron chi connectivity index (χ2n) is 4.74. The van der Waals surface area contributed by atoms with Crippen LogP contribution in [-0.2, 0) is 4.74 Å². The van der Waals surface area contributed by atoms with E-state index in [4.69, 9.17) is 4.74 Å². The minimum atomic E-state index is 0.0149. The zero-order valence-corrected chi connectivity index (χ0v) is 11.5. The number of morpholine rings is 1. The molecule has 1 fully saturated rings. The first-order chi connectivity index (χ1) is 10.4. The molecule has 2 N–H and O–H groups in total. The normalized spacial score (nSPS) is 18.5. The Morgan fingerprint density at radius 1 is 1.24 bits per heavy atom. The fourth-order valence-corrected chi connectivity index (χ4v) is 2.32. The van der Waals surface area contributed by atoms with Crippen LogP contribution in [0.25, 0.3) is 0 Å². The Morgan fingerprint density at radius 2 is 2.00 bits per heavy atom. The second kappa shape index (κ2) is 6.47. The van der Waals surface area contributed by atoms with E-state index in [1.54, 1.807) is 0 Å². The van der Waals surface area contributed by atoms with Gasteiger partial charge < -0.3 is 20.1 Å². The van der Waals surface area contributed by atoms with Gasteiger partial charge >= 0.3 is 0 Å². The smallest absolute Gasteiger partial charge is 0.230 e. The van der Waals surface area contributed by atoms with Crippen molar-refractivity contribution in [3.8, 4) is 0 Å². The van der Waals surface area contributed by atoms with Crippen molar-refractivity contribution in [3.63, 3.8) is 0 Å². The highest BCUT2D eigenvalue weighted by molar-refractivity contribution is 5.59. The zero-order chi connectivity index (χ0) is 14.5. The fraction of sp³-hybridized carbons (Fsp3) is 0.357. The molecule has 1 unspecified atom stereocenters. The van der Waals surface area contributed by atoms with Crippen LogP contribution in [0.2, 0.25) is 0 Å². The highest BCUT2D eigenvalue weighted by atomic mass is 16.5. The first-order valence-electron chi connectivity index (χ1n) is 6.81. The van der Waals surface area contributed by atoms with E-state index in [0.29, 0.717) is 19.2 Å². The molecule has 2 heterocycles. The Morgan fingerprint density at radius 3 is 2.71 bits per heavy atom. The molecule has 1 saturated heterocycles. The van der Waals surface area contributed by atoms with E-state index < -0.39 is 0 Å². The van der Waals surface area contributed by atoms with Crippen molar-refractivity contribution in [2.45, 2.75) is 6.04 Å². The summed E-state index contributed by atoms with van der Waals surface area (Å²) < 4.78 is 5.39. The summed E-state index contributed by atoms with van der Waals surface area (Å²) in [6, 6.07) is 7.96. The molecule has 21 heavy (non-hydrogen) atoms. The molecule has 0 saturated carbocycles. The van der Waals surface area contributed by atoms with E-state index >= 15 is 0 Å². The van der Waals surface area contributed by atoms with Gasteiger partial charge in [0.05, 0.1) is 25.9 Å². The summed E-state index contributed by atoms with van der Waals surface area (Å²) >= 11 is 0. The Labute approximate surface area is 122 Å². The molecule has 1 aromatic heterocycles. The number of rotatable bonds is 4. The topological polar surface area (TPSA) is 83.4 Å². The molecule has 0 radical (unpaired) electrons. The molecule has 110 valence electrons. The molecule has 2 aromatic rings. The first kappa shape index (κ1) is 13.7. The van der Waals surface area contributed by atoms with E-state index in [1.165, 1.54) is 12.7 Å². The van der Waals surface area contributed by atoms with Crippen molar-refractivity contribution < 1.29 is 9.84 Å². The fourth-order valence-electron chi connectivity index (χ4n) is 2.32. The summed E-state index contributed by atoms with van der Waals surface area (Å²) in [4.78, 5) is 14.0. The number of aliphatic hydroxyl groups is 1. The molecule has 3 rings (SSSR count). The Balaban J connectivity index is 1.71. The number of anilines is 3. The lowest BCUT2D eigenvalue weighted by molar-refractivity contribution is 0.0727. The maximum atomic E-state index is 9.42. The van der Waals surface area contributed by atoms with Crippen LogP contribution in [0.5, 0.6) is 0 Å². The van der Waals surface area contributed by atoms with E-state index in [2.05, 4.69) is 25.2 Å². The van der Waals surface area contributed by atoms with E-state index in [0.717, 1.165) is 17.9 Å².